The lowest BCUT2D eigenvalue weighted by Gasteiger charge is -2.19. The highest BCUT2D eigenvalue weighted by Gasteiger charge is 2.35. The first-order valence-electron chi connectivity index (χ1n) is 7.86. The van der Waals surface area contributed by atoms with Crippen LogP contribution in [0.1, 0.15) is 18.4 Å². The van der Waals surface area contributed by atoms with Gasteiger partial charge in [0.2, 0.25) is 0 Å². The van der Waals surface area contributed by atoms with E-state index < -0.39 is 5.82 Å². The molecule has 1 fully saturated rings. The van der Waals surface area contributed by atoms with E-state index in [2.05, 4.69) is 5.32 Å². The zero-order valence-electron chi connectivity index (χ0n) is 13.0. The second-order valence-electron chi connectivity index (χ2n) is 6.05. The molecule has 1 amide bonds. The standard InChI is InChI=1S/C18H17ClF2N2O/c19-13-5-8-17(16(21)9-13)22-18(24)11-23(14-6-7-14)10-12-3-1-2-4-15(12)20/h1-5,8-9,14H,6-7,10-11H2,(H,22,24)/p+1. The summed E-state index contributed by atoms with van der Waals surface area (Å²) in [4.78, 5) is 13.2. The summed E-state index contributed by atoms with van der Waals surface area (Å²) in [6, 6.07) is 11.0. The maximum absolute atomic E-state index is 13.8. The third kappa shape index (κ3) is 4.30. The zero-order chi connectivity index (χ0) is 17.1. The van der Waals surface area contributed by atoms with Gasteiger partial charge in [0.25, 0.3) is 5.91 Å². The second kappa shape index (κ2) is 7.28. The Balaban J connectivity index is 1.65. The molecular formula is C18H18ClF2N2O+. The Labute approximate surface area is 144 Å². The summed E-state index contributed by atoms with van der Waals surface area (Å²) < 4.78 is 27.6. The SMILES string of the molecule is O=C(C[NH+](Cc1ccccc1F)C1CC1)Nc1ccc(Cl)cc1F. The number of carbonyl (C=O) groups excluding carboxylic acids is 1. The number of quaternary nitrogens is 1. The van der Waals surface area contributed by atoms with Crippen LogP contribution in [0.3, 0.4) is 0 Å². The van der Waals surface area contributed by atoms with Gasteiger partial charge < -0.3 is 10.2 Å². The van der Waals surface area contributed by atoms with Gasteiger partial charge in [-0.3, -0.25) is 4.79 Å². The molecular weight excluding hydrogens is 334 g/mol. The van der Waals surface area contributed by atoms with Gasteiger partial charge >= 0.3 is 0 Å². The van der Waals surface area contributed by atoms with Gasteiger partial charge in [-0.15, -0.1) is 0 Å². The number of rotatable bonds is 6. The molecule has 0 heterocycles. The third-order valence-corrected chi connectivity index (χ3v) is 4.36. The Morgan fingerprint density at radius 3 is 2.58 bits per heavy atom. The third-order valence-electron chi connectivity index (χ3n) is 4.12. The van der Waals surface area contributed by atoms with Crippen LogP contribution in [-0.2, 0) is 11.3 Å². The van der Waals surface area contributed by atoms with Crippen LogP contribution in [0, 0.1) is 11.6 Å². The molecule has 1 unspecified atom stereocenters. The van der Waals surface area contributed by atoms with Gasteiger partial charge in [-0.2, -0.15) is 0 Å². The average Bonchev–Trinajstić information content (AvgIpc) is 3.36. The van der Waals surface area contributed by atoms with E-state index >= 15 is 0 Å². The first-order valence-corrected chi connectivity index (χ1v) is 8.23. The van der Waals surface area contributed by atoms with Gasteiger partial charge in [0, 0.05) is 23.4 Å². The number of benzene rings is 2. The Kier molecular flexibility index (Phi) is 5.11. The highest BCUT2D eigenvalue weighted by molar-refractivity contribution is 6.30. The lowest BCUT2D eigenvalue weighted by atomic mass is 10.2. The first-order chi connectivity index (χ1) is 11.5. The van der Waals surface area contributed by atoms with E-state index in [4.69, 9.17) is 11.6 Å². The normalized spacial score (nSPS) is 15.1. The molecule has 1 atom stereocenters. The topological polar surface area (TPSA) is 33.5 Å². The van der Waals surface area contributed by atoms with Crippen molar-refractivity contribution in [3.8, 4) is 0 Å². The monoisotopic (exact) mass is 351 g/mol. The summed E-state index contributed by atoms with van der Waals surface area (Å²) in [5.41, 5.74) is 0.690. The number of anilines is 1. The zero-order valence-corrected chi connectivity index (χ0v) is 13.7. The van der Waals surface area contributed by atoms with Gasteiger partial charge in [-0.1, -0.05) is 29.8 Å². The largest absolute Gasteiger partial charge is 0.321 e. The summed E-state index contributed by atoms with van der Waals surface area (Å²) in [7, 11) is 0. The smallest absolute Gasteiger partial charge is 0.279 e. The summed E-state index contributed by atoms with van der Waals surface area (Å²) in [5, 5.41) is 2.84. The van der Waals surface area contributed by atoms with Gasteiger partial charge in [0.15, 0.2) is 6.54 Å². The van der Waals surface area contributed by atoms with Crippen LogP contribution in [0.4, 0.5) is 14.5 Å². The maximum Gasteiger partial charge on any atom is 0.279 e. The molecule has 0 spiro atoms. The first kappa shape index (κ1) is 16.9. The van der Waals surface area contributed by atoms with Gasteiger partial charge in [0.1, 0.15) is 18.2 Å². The van der Waals surface area contributed by atoms with Crippen LogP contribution in [-0.4, -0.2) is 18.5 Å². The molecule has 1 aliphatic rings. The number of amides is 1. The molecule has 2 aromatic carbocycles. The molecule has 1 aliphatic carbocycles. The fourth-order valence-electron chi connectivity index (χ4n) is 2.72. The molecule has 2 N–H and O–H groups in total. The molecule has 0 saturated heterocycles. The van der Waals surface area contributed by atoms with Crippen molar-refractivity contribution in [3.63, 3.8) is 0 Å². The highest BCUT2D eigenvalue weighted by atomic mass is 35.5. The van der Waals surface area contributed by atoms with Crippen molar-refractivity contribution in [1.82, 2.24) is 0 Å². The summed E-state index contributed by atoms with van der Waals surface area (Å²) >= 11 is 5.70. The molecule has 0 aliphatic heterocycles. The number of hydrogen-bond donors (Lipinski definition) is 2. The molecule has 3 rings (SSSR count). The molecule has 126 valence electrons. The van der Waals surface area contributed by atoms with Gasteiger partial charge in [-0.05, 0) is 24.3 Å². The minimum absolute atomic E-state index is 0.102. The van der Waals surface area contributed by atoms with Crippen molar-refractivity contribution in [2.45, 2.75) is 25.4 Å². The second-order valence-corrected chi connectivity index (χ2v) is 6.49. The molecule has 0 bridgehead atoms. The van der Waals surface area contributed by atoms with Crippen LogP contribution in [0.2, 0.25) is 5.02 Å². The lowest BCUT2D eigenvalue weighted by Crippen LogP contribution is -3.13. The van der Waals surface area contributed by atoms with Crippen LogP contribution in [0.25, 0.3) is 0 Å². The van der Waals surface area contributed by atoms with Crippen molar-refractivity contribution >= 4 is 23.2 Å². The lowest BCUT2D eigenvalue weighted by molar-refractivity contribution is -0.917. The van der Waals surface area contributed by atoms with Crippen LogP contribution in [0.15, 0.2) is 42.5 Å². The van der Waals surface area contributed by atoms with Crippen molar-refractivity contribution in [2.24, 2.45) is 0 Å². The molecule has 24 heavy (non-hydrogen) atoms. The quantitative estimate of drug-likeness (QED) is 0.824. The molecule has 1 saturated carbocycles. The van der Waals surface area contributed by atoms with Gasteiger partial charge in [0.05, 0.1) is 11.7 Å². The predicted octanol–water partition coefficient (Wildman–Crippen LogP) is 2.80. The van der Waals surface area contributed by atoms with Crippen molar-refractivity contribution in [3.05, 3.63) is 64.7 Å². The number of nitrogens with one attached hydrogen (secondary N) is 2. The van der Waals surface area contributed by atoms with E-state index in [0.29, 0.717) is 18.2 Å². The summed E-state index contributed by atoms with van der Waals surface area (Å²) in [6.07, 6.45) is 2.04. The molecule has 0 radical (unpaired) electrons. The van der Waals surface area contributed by atoms with Crippen LogP contribution < -0.4 is 10.2 Å². The number of carbonyl (C=O) groups is 1. The van der Waals surface area contributed by atoms with Crippen molar-refractivity contribution in [2.75, 3.05) is 11.9 Å². The van der Waals surface area contributed by atoms with Crippen LogP contribution in [0.5, 0.6) is 0 Å². The molecule has 6 heteroatoms. The molecule has 2 aromatic rings. The minimum atomic E-state index is -0.571. The van der Waals surface area contributed by atoms with Crippen molar-refractivity contribution in [1.29, 1.82) is 0 Å². The summed E-state index contributed by atoms with van der Waals surface area (Å²) in [5.74, 6) is -1.13. The Bertz CT molecular complexity index is 750. The Morgan fingerprint density at radius 1 is 1.17 bits per heavy atom. The molecule has 0 aromatic heterocycles. The maximum atomic E-state index is 13.8. The highest BCUT2D eigenvalue weighted by Crippen LogP contribution is 2.19. The Hall–Kier alpha value is -1.98. The van der Waals surface area contributed by atoms with E-state index in [0.717, 1.165) is 23.8 Å². The number of hydrogen-bond acceptors (Lipinski definition) is 1. The minimum Gasteiger partial charge on any atom is -0.321 e. The van der Waals surface area contributed by atoms with E-state index in [-0.39, 0.29) is 29.0 Å². The average molecular weight is 352 g/mol. The van der Waals surface area contributed by atoms with Crippen molar-refractivity contribution < 1.29 is 18.5 Å². The van der Waals surface area contributed by atoms with Gasteiger partial charge in [-0.25, -0.2) is 8.78 Å². The summed E-state index contributed by atoms with van der Waals surface area (Å²) in [6.45, 7) is 0.606. The van der Waals surface area contributed by atoms with E-state index in [1.807, 2.05) is 0 Å². The fourth-order valence-corrected chi connectivity index (χ4v) is 2.88. The predicted molar refractivity (Wildman–Crippen MR) is 89.0 cm³/mol. The molecule has 3 nitrogen and oxygen atoms in total. The van der Waals surface area contributed by atoms with E-state index in [1.165, 1.54) is 18.2 Å². The van der Waals surface area contributed by atoms with E-state index in [9.17, 15) is 13.6 Å². The Morgan fingerprint density at radius 2 is 1.92 bits per heavy atom. The fraction of sp³-hybridized carbons (Fsp3) is 0.278. The van der Waals surface area contributed by atoms with E-state index in [1.54, 1.807) is 18.2 Å². The number of halogens is 3. The van der Waals surface area contributed by atoms with Crippen LogP contribution >= 0.6 is 11.6 Å².